The van der Waals surface area contributed by atoms with E-state index in [1.807, 2.05) is 17.0 Å². The molecule has 2 fully saturated rings. The number of nitrogens with zero attached hydrogens (tertiary/aromatic N) is 2. The minimum atomic E-state index is 0.0441. The van der Waals surface area contributed by atoms with Crippen molar-refractivity contribution in [2.75, 3.05) is 40.4 Å². The Hall–Kier alpha value is -2.01. The van der Waals surface area contributed by atoms with E-state index in [2.05, 4.69) is 11.5 Å². The first-order chi connectivity index (χ1) is 12.1. The van der Waals surface area contributed by atoms with Crippen molar-refractivity contribution in [2.24, 2.45) is 0 Å². The van der Waals surface area contributed by atoms with Crippen molar-refractivity contribution in [3.05, 3.63) is 36.4 Å². The van der Waals surface area contributed by atoms with Crippen LogP contribution in [0.1, 0.15) is 36.0 Å². The van der Waals surface area contributed by atoms with E-state index in [9.17, 15) is 4.79 Å². The van der Waals surface area contributed by atoms with Crippen molar-refractivity contribution in [3.8, 4) is 11.5 Å². The van der Waals surface area contributed by atoms with Crippen LogP contribution in [0.3, 0.4) is 0 Å². The van der Waals surface area contributed by atoms with E-state index < -0.39 is 0 Å². The third-order valence-corrected chi connectivity index (χ3v) is 5.71. The molecule has 0 unspecified atom stereocenters. The van der Waals surface area contributed by atoms with Gasteiger partial charge in [-0.2, -0.15) is 0 Å². The third kappa shape index (κ3) is 3.38. The molecule has 2 aliphatic heterocycles. The molecule has 1 aromatic rings. The third-order valence-electron chi connectivity index (χ3n) is 5.71. The lowest BCUT2D eigenvalue weighted by Gasteiger charge is -2.45. The molecular weight excluding hydrogens is 316 g/mol. The van der Waals surface area contributed by atoms with E-state index >= 15 is 0 Å². The largest absolute Gasteiger partial charge is 0.497 e. The minimum Gasteiger partial charge on any atom is -0.497 e. The van der Waals surface area contributed by atoms with Crippen molar-refractivity contribution in [1.29, 1.82) is 0 Å². The quantitative estimate of drug-likeness (QED) is 0.770. The van der Waals surface area contributed by atoms with Crippen LogP contribution >= 0.6 is 0 Å². The first kappa shape index (κ1) is 17.8. The summed E-state index contributed by atoms with van der Waals surface area (Å²) < 4.78 is 10.6. The van der Waals surface area contributed by atoms with Gasteiger partial charge >= 0.3 is 0 Å². The van der Waals surface area contributed by atoms with Gasteiger partial charge in [-0.3, -0.25) is 9.69 Å². The predicted octanol–water partition coefficient (Wildman–Crippen LogP) is 2.96. The predicted molar refractivity (Wildman–Crippen MR) is 98.4 cm³/mol. The summed E-state index contributed by atoms with van der Waals surface area (Å²) in [5, 5.41) is 0. The van der Waals surface area contributed by atoms with Gasteiger partial charge in [0.05, 0.1) is 19.8 Å². The number of hydrogen-bond acceptors (Lipinski definition) is 4. The van der Waals surface area contributed by atoms with Gasteiger partial charge in [-0.05, 0) is 44.4 Å². The number of methoxy groups -OCH3 is 2. The topological polar surface area (TPSA) is 42.0 Å². The summed E-state index contributed by atoms with van der Waals surface area (Å²) in [6.07, 6.45) is 6.53. The Balaban J connectivity index is 1.71. The van der Waals surface area contributed by atoms with Crippen molar-refractivity contribution in [2.45, 2.75) is 31.2 Å². The van der Waals surface area contributed by atoms with Crippen LogP contribution < -0.4 is 9.47 Å². The number of amides is 1. The van der Waals surface area contributed by atoms with Gasteiger partial charge in [0, 0.05) is 31.2 Å². The van der Waals surface area contributed by atoms with E-state index in [1.165, 1.54) is 12.8 Å². The molecule has 2 heterocycles. The number of piperidine rings is 1. The highest BCUT2D eigenvalue weighted by Crippen LogP contribution is 2.39. The summed E-state index contributed by atoms with van der Waals surface area (Å²) in [5.74, 6) is 1.30. The molecule has 0 N–H and O–H groups in total. The Morgan fingerprint density at radius 2 is 1.96 bits per heavy atom. The van der Waals surface area contributed by atoms with Crippen LogP contribution in [0.15, 0.2) is 30.9 Å². The number of ether oxygens (including phenoxy) is 2. The van der Waals surface area contributed by atoms with Crippen molar-refractivity contribution in [1.82, 2.24) is 9.80 Å². The maximum absolute atomic E-state index is 13.0. The zero-order chi connectivity index (χ0) is 17.9. The van der Waals surface area contributed by atoms with Gasteiger partial charge < -0.3 is 14.4 Å². The maximum atomic E-state index is 13.0. The van der Waals surface area contributed by atoms with Crippen LogP contribution in [0.4, 0.5) is 0 Å². The van der Waals surface area contributed by atoms with Gasteiger partial charge in [-0.25, -0.2) is 0 Å². The first-order valence-corrected chi connectivity index (χ1v) is 9.01. The second-order valence-electron chi connectivity index (χ2n) is 6.92. The summed E-state index contributed by atoms with van der Waals surface area (Å²) in [6.45, 7) is 7.56. The van der Waals surface area contributed by atoms with Crippen LogP contribution in [0, 0.1) is 0 Å². The van der Waals surface area contributed by atoms with Gasteiger partial charge in [0.15, 0.2) is 0 Å². The Morgan fingerprint density at radius 1 is 1.20 bits per heavy atom. The molecule has 2 saturated heterocycles. The van der Waals surface area contributed by atoms with Crippen LogP contribution in [-0.4, -0.2) is 61.6 Å². The smallest absolute Gasteiger partial charge is 0.257 e. The van der Waals surface area contributed by atoms with E-state index in [0.29, 0.717) is 17.1 Å². The number of hydrogen-bond donors (Lipinski definition) is 0. The second-order valence-corrected chi connectivity index (χ2v) is 6.92. The zero-order valence-corrected chi connectivity index (χ0v) is 15.3. The molecule has 1 spiro atoms. The molecule has 0 aromatic heterocycles. The molecule has 0 radical (unpaired) electrons. The highest BCUT2D eigenvalue weighted by molar-refractivity contribution is 5.97. The Kier molecular flexibility index (Phi) is 5.33. The minimum absolute atomic E-state index is 0.0441. The highest BCUT2D eigenvalue weighted by atomic mass is 16.5. The Labute approximate surface area is 150 Å². The first-order valence-electron chi connectivity index (χ1n) is 9.01. The molecule has 25 heavy (non-hydrogen) atoms. The molecule has 3 rings (SSSR count). The summed E-state index contributed by atoms with van der Waals surface area (Å²) in [5.41, 5.74) is 0.864. The number of carbonyl (C=O) groups is 1. The van der Waals surface area contributed by atoms with Crippen molar-refractivity contribution < 1.29 is 14.3 Å². The Morgan fingerprint density at radius 3 is 2.60 bits per heavy atom. The van der Waals surface area contributed by atoms with E-state index in [0.717, 1.165) is 39.0 Å². The average Bonchev–Trinajstić information content (AvgIpc) is 3.03. The van der Waals surface area contributed by atoms with Gasteiger partial charge in [0.1, 0.15) is 11.5 Å². The van der Waals surface area contributed by atoms with Crippen molar-refractivity contribution >= 4 is 5.91 Å². The Bertz CT molecular complexity index is 636. The van der Waals surface area contributed by atoms with Gasteiger partial charge in [0.25, 0.3) is 5.91 Å². The van der Waals surface area contributed by atoms with Crippen LogP contribution in [0.25, 0.3) is 0 Å². The summed E-state index contributed by atoms with van der Waals surface area (Å²) in [7, 11) is 3.19. The van der Waals surface area contributed by atoms with Crippen LogP contribution in [-0.2, 0) is 0 Å². The van der Waals surface area contributed by atoms with Gasteiger partial charge in [-0.1, -0.05) is 6.08 Å². The summed E-state index contributed by atoms with van der Waals surface area (Å²) >= 11 is 0. The molecule has 1 amide bonds. The number of likely N-dealkylation sites (tertiary alicyclic amines) is 2. The molecular formula is C20H28N2O3. The standard InChI is InChI=1S/C20H28N2O3/c1-4-11-22-12-5-8-20(22)9-13-21(14-10-20)19(23)17-7-6-16(24-2)15-18(17)25-3/h4,6-7,15H,1,5,8-14H2,2-3H3. The van der Waals surface area contributed by atoms with Gasteiger partial charge in [-0.15, -0.1) is 6.58 Å². The molecule has 1 aromatic carbocycles. The molecule has 0 bridgehead atoms. The lowest BCUT2D eigenvalue weighted by molar-refractivity contribution is 0.0449. The number of benzene rings is 1. The molecule has 0 atom stereocenters. The van der Waals surface area contributed by atoms with E-state index in [1.54, 1.807) is 26.4 Å². The fraction of sp³-hybridized carbons (Fsp3) is 0.550. The second kappa shape index (κ2) is 7.48. The fourth-order valence-electron chi connectivity index (χ4n) is 4.27. The summed E-state index contributed by atoms with van der Waals surface area (Å²) in [4.78, 5) is 17.5. The van der Waals surface area contributed by atoms with E-state index in [4.69, 9.17) is 9.47 Å². The molecule has 136 valence electrons. The monoisotopic (exact) mass is 344 g/mol. The molecule has 0 aliphatic carbocycles. The molecule has 5 nitrogen and oxygen atoms in total. The fourth-order valence-corrected chi connectivity index (χ4v) is 4.27. The molecule has 0 saturated carbocycles. The lowest BCUT2D eigenvalue weighted by atomic mass is 9.84. The van der Waals surface area contributed by atoms with Crippen LogP contribution in [0.2, 0.25) is 0 Å². The average molecular weight is 344 g/mol. The summed E-state index contributed by atoms with van der Waals surface area (Å²) in [6, 6.07) is 5.37. The van der Waals surface area contributed by atoms with Crippen molar-refractivity contribution in [3.63, 3.8) is 0 Å². The normalized spacial score (nSPS) is 19.8. The van der Waals surface area contributed by atoms with E-state index in [-0.39, 0.29) is 11.4 Å². The lowest BCUT2D eigenvalue weighted by Crippen LogP contribution is -2.53. The maximum Gasteiger partial charge on any atom is 0.257 e. The molecule has 2 aliphatic rings. The van der Waals surface area contributed by atoms with Gasteiger partial charge in [0.2, 0.25) is 0 Å². The number of rotatable bonds is 5. The molecule has 5 heteroatoms. The highest BCUT2D eigenvalue weighted by Gasteiger charge is 2.43. The zero-order valence-electron chi connectivity index (χ0n) is 15.3. The van der Waals surface area contributed by atoms with Crippen LogP contribution in [0.5, 0.6) is 11.5 Å². The SMILES string of the molecule is C=CCN1CCCC12CCN(C(=O)c1ccc(OC)cc1OC)CC2. The number of carbonyl (C=O) groups excluding carboxylic acids is 1.